The molecule has 0 aromatic heterocycles. The molecule has 0 fully saturated rings. The third-order valence-corrected chi connectivity index (χ3v) is 2.46. The van der Waals surface area contributed by atoms with Crippen LogP contribution in [0.1, 0.15) is 5.56 Å². The fourth-order valence-electron chi connectivity index (χ4n) is 1.29. The van der Waals surface area contributed by atoms with E-state index in [1.807, 2.05) is 54.6 Å². The fraction of sp³-hybridized carbons (Fsp3) is 0.0769. The van der Waals surface area contributed by atoms with Crippen molar-refractivity contribution in [3.05, 3.63) is 65.2 Å². The molecular formula is C13H11ClO. The summed E-state index contributed by atoms with van der Waals surface area (Å²) < 4.78 is 5.59. The van der Waals surface area contributed by atoms with Gasteiger partial charge in [0.15, 0.2) is 0 Å². The normalized spacial score (nSPS) is 9.93. The van der Waals surface area contributed by atoms with Crippen molar-refractivity contribution in [2.45, 2.75) is 6.61 Å². The van der Waals surface area contributed by atoms with Crippen molar-refractivity contribution >= 4 is 11.6 Å². The third-order valence-electron chi connectivity index (χ3n) is 2.10. The number of hydrogen-bond acceptors (Lipinski definition) is 1. The van der Waals surface area contributed by atoms with Crippen molar-refractivity contribution in [2.75, 3.05) is 0 Å². The molecule has 2 heteroatoms. The van der Waals surface area contributed by atoms with E-state index in [0.29, 0.717) is 6.61 Å². The molecule has 0 heterocycles. The van der Waals surface area contributed by atoms with E-state index in [1.165, 1.54) is 0 Å². The standard InChI is InChI=1S/C13H11ClO/c14-13-9-5-4-6-11(13)10-15-12-7-2-1-3-8-12/h1-9H,10H2. The molecule has 0 aliphatic carbocycles. The lowest BCUT2D eigenvalue weighted by Gasteiger charge is -2.06. The molecule has 0 radical (unpaired) electrons. The van der Waals surface area contributed by atoms with Gasteiger partial charge < -0.3 is 4.74 Å². The quantitative estimate of drug-likeness (QED) is 0.759. The molecule has 0 atom stereocenters. The van der Waals surface area contributed by atoms with Crippen LogP contribution in [0.2, 0.25) is 5.02 Å². The fourth-order valence-corrected chi connectivity index (χ4v) is 1.48. The Hall–Kier alpha value is -1.47. The van der Waals surface area contributed by atoms with Crippen molar-refractivity contribution in [2.24, 2.45) is 0 Å². The van der Waals surface area contributed by atoms with Gasteiger partial charge in [-0.15, -0.1) is 0 Å². The Morgan fingerprint density at radius 3 is 2.27 bits per heavy atom. The molecule has 0 spiro atoms. The summed E-state index contributed by atoms with van der Waals surface area (Å²) in [6.07, 6.45) is 0. The minimum atomic E-state index is 0.504. The van der Waals surface area contributed by atoms with Gasteiger partial charge in [-0.1, -0.05) is 48.0 Å². The summed E-state index contributed by atoms with van der Waals surface area (Å²) in [5.74, 6) is 0.859. The molecule has 0 aliphatic heterocycles. The van der Waals surface area contributed by atoms with E-state index in [-0.39, 0.29) is 0 Å². The lowest BCUT2D eigenvalue weighted by atomic mass is 10.2. The van der Waals surface area contributed by atoms with Gasteiger partial charge in [0.2, 0.25) is 0 Å². The average molecular weight is 219 g/mol. The maximum absolute atomic E-state index is 6.01. The van der Waals surface area contributed by atoms with E-state index in [4.69, 9.17) is 16.3 Å². The highest BCUT2D eigenvalue weighted by Crippen LogP contribution is 2.17. The first-order chi connectivity index (χ1) is 7.36. The topological polar surface area (TPSA) is 9.23 Å². The van der Waals surface area contributed by atoms with Gasteiger partial charge >= 0.3 is 0 Å². The predicted molar refractivity (Wildman–Crippen MR) is 62.2 cm³/mol. The van der Waals surface area contributed by atoms with Gasteiger partial charge in [0.25, 0.3) is 0 Å². The van der Waals surface area contributed by atoms with Gasteiger partial charge in [-0.2, -0.15) is 0 Å². The number of hydrogen-bond donors (Lipinski definition) is 0. The highest BCUT2D eigenvalue weighted by molar-refractivity contribution is 6.31. The molecule has 2 rings (SSSR count). The van der Waals surface area contributed by atoms with Crippen molar-refractivity contribution in [1.82, 2.24) is 0 Å². The number of halogens is 1. The van der Waals surface area contributed by atoms with E-state index < -0.39 is 0 Å². The zero-order valence-corrected chi connectivity index (χ0v) is 8.95. The summed E-state index contributed by atoms with van der Waals surface area (Å²) in [5.41, 5.74) is 1.00. The summed E-state index contributed by atoms with van der Waals surface area (Å²) >= 11 is 6.01. The maximum atomic E-state index is 6.01. The third kappa shape index (κ3) is 2.74. The Kier molecular flexibility index (Phi) is 3.25. The highest BCUT2D eigenvalue weighted by Gasteiger charge is 1.99. The maximum Gasteiger partial charge on any atom is 0.119 e. The second-order valence-electron chi connectivity index (χ2n) is 3.19. The first kappa shape index (κ1) is 10.1. The summed E-state index contributed by atoms with van der Waals surface area (Å²) in [5, 5.41) is 0.744. The van der Waals surface area contributed by atoms with Crippen LogP contribution in [0.4, 0.5) is 0 Å². The number of para-hydroxylation sites is 1. The first-order valence-electron chi connectivity index (χ1n) is 4.77. The lowest BCUT2D eigenvalue weighted by Crippen LogP contribution is -1.95. The van der Waals surface area contributed by atoms with E-state index in [0.717, 1.165) is 16.3 Å². The zero-order valence-electron chi connectivity index (χ0n) is 8.19. The van der Waals surface area contributed by atoms with Crippen molar-refractivity contribution in [3.63, 3.8) is 0 Å². The molecule has 2 aromatic rings. The number of rotatable bonds is 3. The van der Waals surface area contributed by atoms with Gasteiger partial charge in [0, 0.05) is 10.6 Å². The second-order valence-corrected chi connectivity index (χ2v) is 3.60. The Bertz CT molecular complexity index is 426. The van der Waals surface area contributed by atoms with Crippen LogP contribution in [0.3, 0.4) is 0 Å². The summed E-state index contributed by atoms with van der Waals surface area (Å²) in [7, 11) is 0. The molecule has 0 unspecified atom stereocenters. The van der Waals surface area contributed by atoms with Crippen LogP contribution in [0.15, 0.2) is 54.6 Å². The zero-order chi connectivity index (χ0) is 10.5. The van der Waals surface area contributed by atoms with Crippen LogP contribution < -0.4 is 4.74 Å². The number of benzene rings is 2. The summed E-state index contributed by atoms with van der Waals surface area (Å²) in [4.78, 5) is 0. The predicted octanol–water partition coefficient (Wildman–Crippen LogP) is 3.92. The minimum Gasteiger partial charge on any atom is -0.489 e. The molecule has 2 aromatic carbocycles. The van der Waals surface area contributed by atoms with Crippen LogP contribution in [0.5, 0.6) is 5.75 Å². The molecule has 0 aliphatic rings. The van der Waals surface area contributed by atoms with Crippen LogP contribution in [0.25, 0.3) is 0 Å². The van der Waals surface area contributed by atoms with Gasteiger partial charge in [0.1, 0.15) is 12.4 Å². The van der Waals surface area contributed by atoms with Crippen LogP contribution >= 0.6 is 11.6 Å². The van der Waals surface area contributed by atoms with Gasteiger partial charge in [-0.25, -0.2) is 0 Å². The minimum absolute atomic E-state index is 0.504. The smallest absolute Gasteiger partial charge is 0.119 e. The molecule has 0 saturated heterocycles. The van der Waals surface area contributed by atoms with Crippen molar-refractivity contribution in [1.29, 1.82) is 0 Å². The van der Waals surface area contributed by atoms with E-state index in [9.17, 15) is 0 Å². The molecule has 0 amide bonds. The average Bonchev–Trinajstić information content (AvgIpc) is 2.29. The molecule has 0 saturated carbocycles. The van der Waals surface area contributed by atoms with Crippen molar-refractivity contribution in [3.8, 4) is 5.75 Å². The molecule has 15 heavy (non-hydrogen) atoms. The first-order valence-corrected chi connectivity index (χ1v) is 5.15. The van der Waals surface area contributed by atoms with E-state index in [1.54, 1.807) is 0 Å². The Balaban J connectivity index is 2.03. The molecular weight excluding hydrogens is 208 g/mol. The lowest BCUT2D eigenvalue weighted by molar-refractivity contribution is 0.306. The molecule has 0 bridgehead atoms. The number of ether oxygens (including phenoxy) is 1. The largest absolute Gasteiger partial charge is 0.489 e. The monoisotopic (exact) mass is 218 g/mol. The highest BCUT2D eigenvalue weighted by atomic mass is 35.5. The Labute approximate surface area is 94.3 Å². The van der Waals surface area contributed by atoms with Crippen LogP contribution in [0, 0.1) is 0 Å². The van der Waals surface area contributed by atoms with Gasteiger partial charge in [0.05, 0.1) is 0 Å². The van der Waals surface area contributed by atoms with Gasteiger partial charge in [-0.05, 0) is 18.2 Å². The Morgan fingerprint density at radius 1 is 0.867 bits per heavy atom. The molecule has 0 N–H and O–H groups in total. The summed E-state index contributed by atoms with van der Waals surface area (Å²) in [6.45, 7) is 0.504. The SMILES string of the molecule is Clc1ccccc1COc1ccccc1. The van der Waals surface area contributed by atoms with E-state index >= 15 is 0 Å². The van der Waals surface area contributed by atoms with Crippen LogP contribution in [-0.4, -0.2) is 0 Å². The van der Waals surface area contributed by atoms with Crippen LogP contribution in [-0.2, 0) is 6.61 Å². The van der Waals surface area contributed by atoms with Gasteiger partial charge in [-0.3, -0.25) is 0 Å². The van der Waals surface area contributed by atoms with E-state index in [2.05, 4.69) is 0 Å². The molecule has 1 nitrogen and oxygen atoms in total. The second kappa shape index (κ2) is 4.85. The Morgan fingerprint density at radius 2 is 1.53 bits per heavy atom. The van der Waals surface area contributed by atoms with Crippen molar-refractivity contribution < 1.29 is 4.74 Å². The molecule has 76 valence electrons. The summed E-state index contributed by atoms with van der Waals surface area (Å²) in [6, 6.07) is 17.4.